The number of amides is 2. The van der Waals surface area contributed by atoms with Gasteiger partial charge in [-0.3, -0.25) is 0 Å². The van der Waals surface area contributed by atoms with Crippen LogP contribution in [-0.2, 0) is 9.53 Å². The topological polar surface area (TPSA) is 93.8 Å². The predicted molar refractivity (Wildman–Crippen MR) is 114 cm³/mol. The third kappa shape index (κ3) is 2.87. The SMILES string of the molecule is C[C@]12CC[C@H]3[C@@H](CC[C@H]4C/C(=N/NC(N)=O)CC[C@@]43C)C1=CC=C2C1=CC(=O)OC1. The van der Waals surface area contributed by atoms with Gasteiger partial charge in [-0.1, -0.05) is 31.6 Å². The van der Waals surface area contributed by atoms with Gasteiger partial charge in [-0.05, 0) is 73.7 Å². The Labute approximate surface area is 177 Å². The van der Waals surface area contributed by atoms with E-state index in [1.807, 2.05) is 0 Å². The van der Waals surface area contributed by atoms with Crippen molar-refractivity contribution in [3.05, 3.63) is 34.9 Å². The second-order valence-corrected chi connectivity index (χ2v) is 10.2. The quantitative estimate of drug-likeness (QED) is 0.533. The Balaban J connectivity index is 1.36. The fraction of sp³-hybridized carbons (Fsp3) is 0.625. The molecule has 0 aromatic heterocycles. The highest BCUT2D eigenvalue weighted by Gasteiger charge is 2.56. The number of hydrogen-bond acceptors (Lipinski definition) is 4. The van der Waals surface area contributed by atoms with E-state index >= 15 is 0 Å². The number of nitrogens with zero attached hydrogens (tertiary/aromatic N) is 1. The average Bonchev–Trinajstić information content (AvgIpc) is 3.28. The van der Waals surface area contributed by atoms with E-state index in [1.54, 1.807) is 11.6 Å². The number of urea groups is 1. The van der Waals surface area contributed by atoms with Crippen molar-refractivity contribution in [2.75, 3.05) is 6.61 Å². The summed E-state index contributed by atoms with van der Waals surface area (Å²) in [6.07, 6.45) is 14.1. The van der Waals surface area contributed by atoms with Crippen LogP contribution in [-0.4, -0.2) is 24.3 Å². The van der Waals surface area contributed by atoms with Crippen LogP contribution in [0.1, 0.15) is 58.8 Å². The smallest absolute Gasteiger partial charge is 0.332 e. The minimum atomic E-state index is -0.591. The molecule has 5 rings (SSSR count). The largest absolute Gasteiger partial charge is 0.458 e. The molecule has 0 saturated heterocycles. The lowest BCUT2D eigenvalue weighted by molar-refractivity contribution is -0.134. The lowest BCUT2D eigenvalue weighted by Gasteiger charge is -2.58. The molecule has 5 atom stereocenters. The number of primary amides is 1. The van der Waals surface area contributed by atoms with Gasteiger partial charge < -0.3 is 10.5 Å². The lowest BCUT2D eigenvalue weighted by atomic mass is 9.46. The van der Waals surface area contributed by atoms with Gasteiger partial charge in [0.05, 0.1) is 0 Å². The number of rotatable bonds is 2. The van der Waals surface area contributed by atoms with E-state index in [-0.39, 0.29) is 11.4 Å². The highest BCUT2D eigenvalue weighted by atomic mass is 16.5. The maximum Gasteiger partial charge on any atom is 0.332 e. The highest BCUT2D eigenvalue weighted by molar-refractivity contribution is 5.87. The van der Waals surface area contributed by atoms with Crippen LogP contribution in [0, 0.1) is 28.6 Å². The molecule has 4 aliphatic carbocycles. The fourth-order valence-electron chi connectivity index (χ4n) is 7.28. The summed E-state index contributed by atoms with van der Waals surface area (Å²) >= 11 is 0. The Kier molecular flexibility index (Phi) is 4.46. The summed E-state index contributed by atoms with van der Waals surface area (Å²) in [7, 11) is 0. The van der Waals surface area contributed by atoms with Gasteiger partial charge in [-0.15, -0.1) is 0 Å². The Morgan fingerprint density at radius 1 is 1.23 bits per heavy atom. The number of fused-ring (bicyclic) bond motifs is 5. The van der Waals surface area contributed by atoms with Crippen molar-refractivity contribution in [2.24, 2.45) is 39.4 Å². The van der Waals surface area contributed by atoms with Crippen molar-refractivity contribution in [2.45, 2.75) is 58.8 Å². The first-order valence-electron chi connectivity index (χ1n) is 11.2. The number of carbonyl (C=O) groups is 2. The van der Waals surface area contributed by atoms with Crippen molar-refractivity contribution in [1.82, 2.24) is 5.43 Å². The van der Waals surface area contributed by atoms with E-state index in [2.05, 4.69) is 36.5 Å². The van der Waals surface area contributed by atoms with Gasteiger partial charge >= 0.3 is 12.0 Å². The summed E-state index contributed by atoms with van der Waals surface area (Å²) in [5, 5.41) is 4.26. The fourth-order valence-corrected chi connectivity index (χ4v) is 7.28. The zero-order valence-electron chi connectivity index (χ0n) is 17.9. The first-order chi connectivity index (χ1) is 14.3. The molecule has 2 amide bonds. The van der Waals surface area contributed by atoms with Crippen LogP contribution in [0.3, 0.4) is 0 Å². The molecule has 3 N–H and O–H groups in total. The Morgan fingerprint density at radius 3 is 2.80 bits per heavy atom. The van der Waals surface area contributed by atoms with E-state index in [0.29, 0.717) is 29.8 Å². The van der Waals surface area contributed by atoms with Crippen LogP contribution in [0.2, 0.25) is 0 Å². The normalized spacial score (nSPS) is 41.1. The molecule has 0 spiro atoms. The van der Waals surface area contributed by atoms with Crippen LogP contribution in [0.4, 0.5) is 4.79 Å². The lowest BCUT2D eigenvalue weighted by Crippen LogP contribution is -2.51. The molecule has 6 heteroatoms. The molecule has 1 heterocycles. The first kappa shape index (κ1) is 19.6. The van der Waals surface area contributed by atoms with Crippen LogP contribution in [0.15, 0.2) is 40.0 Å². The maximum atomic E-state index is 11.6. The molecular weight excluding hydrogens is 378 g/mol. The number of esters is 1. The molecule has 1 aliphatic heterocycles. The molecule has 6 nitrogen and oxygen atoms in total. The third-order valence-corrected chi connectivity index (χ3v) is 8.87. The Morgan fingerprint density at radius 2 is 2.07 bits per heavy atom. The van der Waals surface area contributed by atoms with Gasteiger partial charge in [-0.2, -0.15) is 5.10 Å². The number of hydrogen-bond donors (Lipinski definition) is 2. The van der Waals surface area contributed by atoms with E-state index in [4.69, 9.17) is 10.5 Å². The number of hydrazone groups is 1. The Hall–Kier alpha value is -2.37. The molecule has 5 aliphatic rings. The predicted octanol–water partition coefficient (Wildman–Crippen LogP) is 3.99. The van der Waals surface area contributed by atoms with E-state index in [9.17, 15) is 9.59 Å². The van der Waals surface area contributed by atoms with Crippen molar-refractivity contribution < 1.29 is 14.3 Å². The van der Waals surface area contributed by atoms with Gasteiger partial charge in [0.15, 0.2) is 0 Å². The summed E-state index contributed by atoms with van der Waals surface area (Å²) in [6, 6.07) is -0.591. The number of nitrogens with two attached hydrogens (primary N) is 1. The number of nitrogens with one attached hydrogen (secondary N) is 1. The third-order valence-electron chi connectivity index (χ3n) is 8.87. The molecule has 0 unspecified atom stereocenters. The Bertz CT molecular complexity index is 930. The molecule has 0 aromatic rings. The van der Waals surface area contributed by atoms with Crippen LogP contribution in [0.5, 0.6) is 0 Å². The van der Waals surface area contributed by atoms with Gasteiger partial charge in [-0.25, -0.2) is 15.0 Å². The van der Waals surface area contributed by atoms with E-state index in [0.717, 1.165) is 37.0 Å². The zero-order valence-corrected chi connectivity index (χ0v) is 17.9. The zero-order chi connectivity index (χ0) is 21.1. The van der Waals surface area contributed by atoms with Crippen molar-refractivity contribution in [3.63, 3.8) is 0 Å². The number of carbonyl (C=O) groups excluding carboxylic acids is 2. The minimum absolute atomic E-state index is 0.0386. The molecule has 3 fully saturated rings. The summed E-state index contributed by atoms with van der Waals surface area (Å²) in [4.78, 5) is 22.6. The van der Waals surface area contributed by atoms with Crippen LogP contribution in [0.25, 0.3) is 0 Å². The van der Waals surface area contributed by atoms with Crippen molar-refractivity contribution >= 4 is 17.7 Å². The van der Waals surface area contributed by atoms with Crippen LogP contribution < -0.4 is 11.2 Å². The number of cyclic esters (lactones) is 1. The molecule has 3 saturated carbocycles. The standard InChI is InChI=1S/C24H31N3O3/c1-23-9-7-16(26-27-22(25)29)12-15(23)3-4-17-19-6-5-18(14-11-21(28)30-13-14)24(19,2)10-8-20(17)23/h5-6,11,15,17,20H,3-4,7-10,12-13H2,1-2H3,(H3,25,27,29)/b26-16+/t15-,17-,20-,23-,24+/m0/s1. The van der Waals surface area contributed by atoms with Crippen molar-refractivity contribution in [1.29, 1.82) is 0 Å². The number of ether oxygens (including phenoxy) is 1. The highest BCUT2D eigenvalue weighted by Crippen LogP contribution is 2.65. The molecular formula is C24H31N3O3. The molecule has 0 aromatic carbocycles. The maximum absolute atomic E-state index is 11.6. The second kappa shape index (κ2) is 6.82. The minimum Gasteiger partial charge on any atom is -0.458 e. The monoisotopic (exact) mass is 409 g/mol. The molecule has 30 heavy (non-hydrogen) atoms. The number of allylic oxidation sites excluding steroid dienone is 3. The summed E-state index contributed by atoms with van der Waals surface area (Å²) in [5.41, 5.74) is 13.0. The summed E-state index contributed by atoms with van der Waals surface area (Å²) < 4.78 is 5.20. The molecule has 160 valence electrons. The average molecular weight is 410 g/mol. The van der Waals surface area contributed by atoms with Crippen molar-refractivity contribution in [3.8, 4) is 0 Å². The second-order valence-electron chi connectivity index (χ2n) is 10.2. The van der Waals surface area contributed by atoms with Crippen LogP contribution >= 0.6 is 0 Å². The van der Waals surface area contributed by atoms with E-state index in [1.165, 1.54) is 24.8 Å². The van der Waals surface area contributed by atoms with Gasteiger partial charge in [0.25, 0.3) is 0 Å². The van der Waals surface area contributed by atoms with Gasteiger partial charge in [0.2, 0.25) is 0 Å². The van der Waals surface area contributed by atoms with E-state index < -0.39 is 6.03 Å². The van der Waals surface area contributed by atoms with Gasteiger partial charge in [0, 0.05) is 22.8 Å². The summed E-state index contributed by atoms with van der Waals surface area (Å²) in [5.74, 6) is 1.70. The first-order valence-corrected chi connectivity index (χ1v) is 11.2. The van der Waals surface area contributed by atoms with Gasteiger partial charge in [0.1, 0.15) is 6.61 Å². The molecule has 0 bridgehead atoms. The molecule has 0 radical (unpaired) electrons. The summed E-state index contributed by atoms with van der Waals surface area (Å²) in [6.45, 7) is 5.27.